The van der Waals surface area contributed by atoms with E-state index in [4.69, 9.17) is 4.84 Å². The largest absolute Gasteiger partial charge is 0.275 e. The molecule has 0 aromatic heterocycles. The second kappa shape index (κ2) is 5.50. The van der Waals surface area contributed by atoms with E-state index in [1.807, 2.05) is 0 Å². The van der Waals surface area contributed by atoms with Crippen molar-refractivity contribution < 1.29 is 9.63 Å². The van der Waals surface area contributed by atoms with Crippen LogP contribution in [-0.4, -0.2) is 25.1 Å². The molecular formula is C12H23NO2. The molecule has 15 heavy (non-hydrogen) atoms. The molecule has 88 valence electrons. The molecule has 0 N–H and O–H groups in total. The lowest BCUT2D eigenvalue weighted by Gasteiger charge is -2.31. The highest BCUT2D eigenvalue weighted by molar-refractivity contribution is 5.77. The van der Waals surface area contributed by atoms with Crippen molar-refractivity contribution in [2.45, 2.75) is 39.5 Å². The Hall–Kier alpha value is -0.570. The highest BCUT2D eigenvalue weighted by Gasteiger charge is 2.29. The summed E-state index contributed by atoms with van der Waals surface area (Å²) in [7, 11) is 3.23. The average molecular weight is 213 g/mol. The Balaban J connectivity index is 2.40. The lowest BCUT2D eigenvalue weighted by Crippen LogP contribution is -2.34. The molecule has 0 radical (unpaired) electrons. The van der Waals surface area contributed by atoms with Crippen molar-refractivity contribution >= 4 is 5.91 Å². The van der Waals surface area contributed by atoms with Gasteiger partial charge in [0.15, 0.2) is 0 Å². The topological polar surface area (TPSA) is 29.5 Å². The molecule has 0 atom stereocenters. The van der Waals surface area contributed by atoms with E-state index in [2.05, 4.69) is 13.8 Å². The van der Waals surface area contributed by atoms with Crippen molar-refractivity contribution in [1.82, 2.24) is 5.06 Å². The van der Waals surface area contributed by atoms with Crippen LogP contribution in [0.3, 0.4) is 0 Å². The minimum atomic E-state index is 0.139. The number of hydroxylamine groups is 2. The normalized spacial score (nSPS) is 26.7. The van der Waals surface area contributed by atoms with Crippen LogP contribution in [0.4, 0.5) is 0 Å². The van der Waals surface area contributed by atoms with Crippen LogP contribution in [0.1, 0.15) is 39.5 Å². The third kappa shape index (κ3) is 3.20. The monoisotopic (exact) mass is 213 g/mol. The standard InChI is InChI=1S/C12H23NO2/c1-9(2)10-5-7-11(8-6-10)12(14)13(3)15-4/h9-11H,5-8H2,1-4H3/t10-,11-. The van der Waals surface area contributed by atoms with Gasteiger partial charge in [-0.05, 0) is 37.5 Å². The number of amides is 1. The highest BCUT2D eigenvalue weighted by Crippen LogP contribution is 2.33. The third-order valence-electron chi connectivity index (χ3n) is 3.65. The van der Waals surface area contributed by atoms with Crippen LogP contribution in [0.25, 0.3) is 0 Å². The average Bonchev–Trinajstić information content (AvgIpc) is 2.27. The van der Waals surface area contributed by atoms with Gasteiger partial charge in [0.05, 0.1) is 7.11 Å². The Labute approximate surface area is 92.7 Å². The molecule has 0 bridgehead atoms. The molecular weight excluding hydrogens is 190 g/mol. The number of hydrogen-bond acceptors (Lipinski definition) is 2. The minimum Gasteiger partial charge on any atom is -0.275 e. The van der Waals surface area contributed by atoms with Crippen LogP contribution < -0.4 is 0 Å². The van der Waals surface area contributed by atoms with Gasteiger partial charge in [0.25, 0.3) is 0 Å². The fraction of sp³-hybridized carbons (Fsp3) is 0.917. The van der Waals surface area contributed by atoms with Gasteiger partial charge < -0.3 is 0 Å². The highest BCUT2D eigenvalue weighted by atomic mass is 16.7. The predicted molar refractivity (Wildman–Crippen MR) is 60.1 cm³/mol. The van der Waals surface area contributed by atoms with Crippen LogP contribution in [-0.2, 0) is 9.63 Å². The fourth-order valence-electron chi connectivity index (χ4n) is 2.38. The molecule has 0 unspecified atom stereocenters. The molecule has 1 fully saturated rings. The van der Waals surface area contributed by atoms with Gasteiger partial charge in [0.2, 0.25) is 5.91 Å². The smallest absolute Gasteiger partial charge is 0.248 e. The number of nitrogens with zero attached hydrogens (tertiary/aromatic N) is 1. The zero-order valence-corrected chi connectivity index (χ0v) is 10.3. The Morgan fingerprint density at radius 3 is 2.20 bits per heavy atom. The first-order chi connectivity index (χ1) is 7.06. The van der Waals surface area contributed by atoms with Crippen molar-refractivity contribution in [3.8, 4) is 0 Å². The SMILES string of the molecule is CON(C)C(=O)[C@H]1CC[C@H](C(C)C)CC1. The van der Waals surface area contributed by atoms with Gasteiger partial charge in [0.1, 0.15) is 0 Å². The van der Waals surface area contributed by atoms with E-state index in [1.54, 1.807) is 7.05 Å². The summed E-state index contributed by atoms with van der Waals surface area (Å²) in [6, 6.07) is 0. The molecule has 3 heteroatoms. The molecule has 1 saturated carbocycles. The van der Waals surface area contributed by atoms with Crippen molar-refractivity contribution in [3.05, 3.63) is 0 Å². The van der Waals surface area contributed by atoms with Gasteiger partial charge in [0, 0.05) is 13.0 Å². The molecule has 1 aliphatic rings. The molecule has 0 heterocycles. The molecule has 1 aliphatic carbocycles. The van der Waals surface area contributed by atoms with Crippen LogP contribution in [0.2, 0.25) is 0 Å². The van der Waals surface area contributed by atoms with Crippen molar-refractivity contribution in [2.75, 3.05) is 14.2 Å². The van der Waals surface area contributed by atoms with Gasteiger partial charge in [-0.2, -0.15) is 0 Å². The maximum absolute atomic E-state index is 11.8. The lowest BCUT2D eigenvalue weighted by molar-refractivity contribution is -0.174. The Morgan fingerprint density at radius 1 is 1.27 bits per heavy atom. The summed E-state index contributed by atoms with van der Waals surface area (Å²) in [5.74, 6) is 1.88. The summed E-state index contributed by atoms with van der Waals surface area (Å²) in [6.45, 7) is 4.54. The van der Waals surface area contributed by atoms with Crippen molar-refractivity contribution in [1.29, 1.82) is 0 Å². The van der Waals surface area contributed by atoms with Gasteiger partial charge in [-0.1, -0.05) is 13.8 Å². The zero-order chi connectivity index (χ0) is 11.4. The molecule has 0 aromatic rings. The molecule has 1 amide bonds. The second-order valence-electron chi connectivity index (χ2n) is 4.87. The summed E-state index contributed by atoms with van der Waals surface area (Å²) in [6.07, 6.45) is 4.42. The van der Waals surface area contributed by atoms with Crippen LogP contribution in [0.5, 0.6) is 0 Å². The van der Waals surface area contributed by atoms with E-state index in [0.29, 0.717) is 0 Å². The summed E-state index contributed by atoms with van der Waals surface area (Å²) < 4.78 is 0. The maximum Gasteiger partial charge on any atom is 0.248 e. The minimum absolute atomic E-state index is 0.139. The van der Waals surface area contributed by atoms with E-state index in [9.17, 15) is 4.79 Å². The Morgan fingerprint density at radius 2 is 1.80 bits per heavy atom. The summed E-state index contributed by atoms with van der Waals surface area (Å²) in [5, 5.41) is 1.36. The lowest BCUT2D eigenvalue weighted by atomic mass is 9.77. The van der Waals surface area contributed by atoms with Gasteiger partial charge >= 0.3 is 0 Å². The molecule has 3 nitrogen and oxygen atoms in total. The third-order valence-corrected chi connectivity index (χ3v) is 3.65. The van der Waals surface area contributed by atoms with E-state index in [0.717, 1.165) is 24.7 Å². The first-order valence-corrected chi connectivity index (χ1v) is 5.88. The maximum atomic E-state index is 11.8. The second-order valence-corrected chi connectivity index (χ2v) is 4.87. The van der Waals surface area contributed by atoms with Crippen molar-refractivity contribution in [2.24, 2.45) is 17.8 Å². The number of hydrogen-bond donors (Lipinski definition) is 0. The van der Waals surface area contributed by atoms with E-state index in [-0.39, 0.29) is 11.8 Å². The van der Waals surface area contributed by atoms with E-state index >= 15 is 0 Å². The summed E-state index contributed by atoms with van der Waals surface area (Å²) >= 11 is 0. The number of carbonyl (C=O) groups excluding carboxylic acids is 1. The van der Waals surface area contributed by atoms with Gasteiger partial charge in [-0.25, -0.2) is 5.06 Å². The summed E-state index contributed by atoms with van der Waals surface area (Å²) in [4.78, 5) is 16.7. The Kier molecular flexibility index (Phi) is 4.58. The first kappa shape index (κ1) is 12.5. The Bertz CT molecular complexity index is 208. The van der Waals surface area contributed by atoms with Gasteiger partial charge in [-0.15, -0.1) is 0 Å². The van der Waals surface area contributed by atoms with Crippen LogP contribution in [0.15, 0.2) is 0 Å². The molecule has 1 rings (SSSR count). The zero-order valence-electron chi connectivity index (χ0n) is 10.3. The van der Waals surface area contributed by atoms with Gasteiger partial charge in [-0.3, -0.25) is 9.63 Å². The quantitative estimate of drug-likeness (QED) is 0.674. The molecule has 0 saturated heterocycles. The van der Waals surface area contributed by atoms with Crippen LogP contribution >= 0.6 is 0 Å². The first-order valence-electron chi connectivity index (χ1n) is 5.88. The molecule has 0 aromatic carbocycles. The summed E-state index contributed by atoms with van der Waals surface area (Å²) in [5.41, 5.74) is 0. The number of carbonyl (C=O) groups is 1. The molecule has 0 aliphatic heterocycles. The molecule has 0 spiro atoms. The van der Waals surface area contributed by atoms with E-state index in [1.165, 1.54) is 25.0 Å². The van der Waals surface area contributed by atoms with Crippen LogP contribution in [0, 0.1) is 17.8 Å². The van der Waals surface area contributed by atoms with E-state index < -0.39 is 0 Å². The van der Waals surface area contributed by atoms with Crippen molar-refractivity contribution in [3.63, 3.8) is 0 Å². The predicted octanol–water partition coefficient (Wildman–Crippen LogP) is 2.47. The fourth-order valence-corrected chi connectivity index (χ4v) is 2.38. The number of rotatable bonds is 3.